The van der Waals surface area contributed by atoms with Crippen LogP contribution in [0.1, 0.15) is 33.9 Å². The maximum Gasteiger partial charge on any atom is 0.167 e. The highest BCUT2D eigenvalue weighted by Gasteiger charge is 2.36. The number of carbonyl (C=O) groups excluding carboxylic acids is 1. The van der Waals surface area contributed by atoms with Crippen molar-refractivity contribution in [1.29, 1.82) is 0 Å². The normalized spacial score (nSPS) is 18.1. The molecule has 0 radical (unpaired) electrons. The summed E-state index contributed by atoms with van der Waals surface area (Å²) in [6, 6.07) is 9.77. The van der Waals surface area contributed by atoms with E-state index in [9.17, 15) is 4.79 Å². The highest BCUT2D eigenvalue weighted by atomic mass is 16.5. The highest BCUT2D eigenvalue weighted by Crippen LogP contribution is 2.45. The fraction of sp³-hybridized carbons (Fsp3) is 0.350. The number of carbonyl (C=O) groups is 1. The van der Waals surface area contributed by atoms with Crippen molar-refractivity contribution >= 4 is 11.5 Å². The molecule has 4 rings (SSSR count). The number of rotatable bonds is 3. The van der Waals surface area contributed by atoms with Crippen LogP contribution in [0.2, 0.25) is 0 Å². The van der Waals surface area contributed by atoms with Crippen LogP contribution >= 0.6 is 0 Å². The largest absolute Gasteiger partial charge is 0.497 e. The number of Topliss-reactive ketones (excluding diaryl/α,β-unsaturated/α-hetero) is 1. The Balaban J connectivity index is 1.83. The first-order valence-electron chi connectivity index (χ1n) is 8.39. The molecule has 2 aromatic carbocycles. The molecule has 0 unspecified atom stereocenters. The summed E-state index contributed by atoms with van der Waals surface area (Å²) in [6.45, 7) is 0.862. The summed E-state index contributed by atoms with van der Waals surface area (Å²) in [6.07, 6.45) is 1.37. The molecule has 2 aliphatic rings. The minimum atomic E-state index is 0.0238. The third-order valence-corrected chi connectivity index (χ3v) is 5.20. The molecule has 2 aliphatic heterocycles. The Kier molecular flexibility index (Phi) is 3.79. The van der Waals surface area contributed by atoms with E-state index in [0.717, 1.165) is 41.3 Å². The van der Waals surface area contributed by atoms with Crippen LogP contribution in [0, 0.1) is 0 Å². The maximum atomic E-state index is 12.7. The van der Waals surface area contributed by atoms with E-state index in [1.165, 1.54) is 5.56 Å². The lowest BCUT2D eigenvalue weighted by Gasteiger charge is -2.42. The molecule has 1 atom stereocenters. The van der Waals surface area contributed by atoms with Gasteiger partial charge in [-0.3, -0.25) is 4.79 Å². The van der Waals surface area contributed by atoms with Gasteiger partial charge in [0.15, 0.2) is 17.3 Å². The average molecular weight is 339 g/mol. The molecule has 0 amide bonds. The van der Waals surface area contributed by atoms with Gasteiger partial charge in [-0.05, 0) is 41.8 Å². The standard InChI is InChI=1S/C20H21NO4/c1-23-13-4-5-14-16(9-13)21-7-6-12-8-19(24-2)20(25-3)10-15(12)17(21)11-18(14)22/h4-5,8-10,17H,6-7,11H2,1-3H3/t17-/m1/s1. The molecular weight excluding hydrogens is 318 g/mol. The predicted octanol–water partition coefficient (Wildman–Crippen LogP) is 3.40. The van der Waals surface area contributed by atoms with Crippen molar-refractivity contribution in [1.82, 2.24) is 0 Å². The minimum absolute atomic E-state index is 0.0238. The van der Waals surface area contributed by atoms with Crippen molar-refractivity contribution in [3.05, 3.63) is 47.0 Å². The molecule has 25 heavy (non-hydrogen) atoms. The molecule has 0 spiro atoms. The van der Waals surface area contributed by atoms with Gasteiger partial charge in [0.05, 0.1) is 33.1 Å². The molecule has 0 bridgehead atoms. The molecule has 0 saturated heterocycles. The zero-order valence-electron chi connectivity index (χ0n) is 14.7. The summed E-state index contributed by atoms with van der Waals surface area (Å²) in [5.41, 5.74) is 4.10. The number of methoxy groups -OCH3 is 3. The Labute approximate surface area is 147 Å². The van der Waals surface area contributed by atoms with Crippen LogP contribution in [0.4, 0.5) is 5.69 Å². The van der Waals surface area contributed by atoms with Crippen molar-refractivity contribution in [3.63, 3.8) is 0 Å². The lowest BCUT2D eigenvalue weighted by molar-refractivity contribution is 0.0964. The van der Waals surface area contributed by atoms with Gasteiger partial charge < -0.3 is 19.1 Å². The maximum absolute atomic E-state index is 12.7. The second kappa shape index (κ2) is 5.99. The van der Waals surface area contributed by atoms with E-state index >= 15 is 0 Å². The van der Waals surface area contributed by atoms with Crippen LogP contribution < -0.4 is 19.1 Å². The summed E-state index contributed by atoms with van der Waals surface area (Å²) in [7, 11) is 4.93. The first-order chi connectivity index (χ1) is 12.2. The molecule has 0 aromatic heterocycles. The molecule has 5 heteroatoms. The number of ether oxygens (including phenoxy) is 3. The summed E-state index contributed by atoms with van der Waals surface area (Å²) < 4.78 is 16.2. The van der Waals surface area contributed by atoms with Crippen molar-refractivity contribution in [2.24, 2.45) is 0 Å². The van der Waals surface area contributed by atoms with Gasteiger partial charge in [-0.15, -0.1) is 0 Å². The lowest BCUT2D eigenvalue weighted by atomic mass is 9.84. The second-order valence-electron chi connectivity index (χ2n) is 6.38. The van der Waals surface area contributed by atoms with E-state index in [4.69, 9.17) is 14.2 Å². The number of benzene rings is 2. The van der Waals surface area contributed by atoms with Gasteiger partial charge in [-0.2, -0.15) is 0 Å². The predicted molar refractivity (Wildman–Crippen MR) is 95.3 cm³/mol. The van der Waals surface area contributed by atoms with E-state index in [0.29, 0.717) is 12.2 Å². The number of hydrogen-bond acceptors (Lipinski definition) is 5. The third kappa shape index (κ3) is 2.42. The zero-order valence-corrected chi connectivity index (χ0v) is 14.7. The van der Waals surface area contributed by atoms with Gasteiger partial charge in [0.2, 0.25) is 0 Å². The highest BCUT2D eigenvalue weighted by molar-refractivity contribution is 6.04. The Hall–Kier alpha value is -2.69. The monoisotopic (exact) mass is 339 g/mol. The summed E-state index contributed by atoms with van der Waals surface area (Å²) in [4.78, 5) is 15.0. The molecule has 2 aromatic rings. The van der Waals surface area contributed by atoms with Crippen molar-refractivity contribution < 1.29 is 19.0 Å². The van der Waals surface area contributed by atoms with E-state index < -0.39 is 0 Å². The molecule has 0 saturated carbocycles. The molecular formula is C20H21NO4. The van der Waals surface area contributed by atoms with Crippen LogP contribution in [0.25, 0.3) is 0 Å². The number of hydrogen-bond donors (Lipinski definition) is 0. The molecule has 130 valence electrons. The first kappa shape index (κ1) is 15.8. The SMILES string of the molecule is COc1ccc2c(c1)N1CCc3cc(OC)c(OC)cc3[C@H]1CC2=O. The topological polar surface area (TPSA) is 48.0 Å². The number of anilines is 1. The molecule has 2 heterocycles. The van der Waals surface area contributed by atoms with Gasteiger partial charge in [-0.1, -0.05) is 0 Å². The van der Waals surface area contributed by atoms with Crippen molar-refractivity contribution in [2.45, 2.75) is 18.9 Å². The summed E-state index contributed by atoms with van der Waals surface area (Å²) in [5, 5.41) is 0. The average Bonchev–Trinajstić information content (AvgIpc) is 2.66. The van der Waals surface area contributed by atoms with E-state index in [-0.39, 0.29) is 11.8 Å². The first-order valence-corrected chi connectivity index (χ1v) is 8.39. The molecule has 5 nitrogen and oxygen atoms in total. The Bertz CT molecular complexity index is 846. The smallest absolute Gasteiger partial charge is 0.167 e. The summed E-state index contributed by atoms with van der Waals surface area (Å²) in [5.74, 6) is 2.37. The quantitative estimate of drug-likeness (QED) is 0.858. The Morgan fingerprint density at radius 3 is 2.48 bits per heavy atom. The van der Waals surface area contributed by atoms with Crippen LogP contribution in [0.5, 0.6) is 17.2 Å². The van der Waals surface area contributed by atoms with E-state index in [2.05, 4.69) is 4.90 Å². The summed E-state index contributed by atoms with van der Waals surface area (Å²) >= 11 is 0. The fourth-order valence-electron chi connectivity index (χ4n) is 3.93. The van der Waals surface area contributed by atoms with Gasteiger partial charge in [0.1, 0.15) is 5.75 Å². The Morgan fingerprint density at radius 2 is 1.76 bits per heavy atom. The second-order valence-corrected chi connectivity index (χ2v) is 6.38. The van der Waals surface area contributed by atoms with Crippen LogP contribution in [-0.2, 0) is 6.42 Å². The number of fused-ring (bicyclic) bond motifs is 5. The third-order valence-electron chi connectivity index (χ3n) is 5.20. The van der Waals surface area contributed by atoms with Gasteiger partial charge in [0.25, 0.3) is 0 Å². The molecule has 0 fully saturated rings. The van der Waals surface area contributed by atoms with Crippen molar-refractivity contribution in [3.8, 4) is 17.2 Å². The fourth-order valence-corrected chi connectivity index (χ4v) is 3.93. The van der Waals surface area contributed by atoms with Crippen LogP contribution in [0.15, 0.2) is 30.3 Å². The zero-order chi connectivity index (χ0) is 17.6. The van der Waals surface area contributed by atoms with Crippen molar-refractivity contribution in [2.75, 3.05) is 32.8 Å². The van der Waals surface area contributed by atoms with Gasteiger partial charge in [0, 0.05) is 24.6 Å². The Morgan fingerprint density at radius 1 is 1.00 bits per heavy atom. The number of nitrogens with zero attached hydrogens (tertiary/aromatic N) is 1. The van der Waals surface area contributed by atoms with E-state index in [1.54, 1.807) is 21.3 Å². The van der Waals surface area contributed by atoms with Crippen LogP contribution in [0.3, 0.4) is 0 Å². The number of ketones is 1. The molecule has 0 N–H and O–H groups in total. The lowest BCUT2D eigenvalue weighted by Crippen LogP contribution is -2.40. The van der Waals surface area contributed by atoms with E-state index in [1.807, 2.05) is 30.3 Å². The minimum Gasteiger partial charge on any atom is -0.497 e. The van der Waals surface area contributed by atoms with Gasteiger partial charge >= 0.3 is 0 Å². The molecule has 0 aliphatic carbocycles. The van der Waals surface area contributed by atoms with Crippen LogP contribution in [-0.4, -0.2) is 33.7 Å². The van der Waals surface area contributed by atoms with Gasteiger partial charge in [-0.25, -0.2) is 0 Å².